The Morgan fingerprint density at radius 3 is 2.14 bits per heavy atom. The molecule has 0 aliphatic heterocycles. The smallest absolute Gasteiger partial charge is 0.408 e. The second kappa shape index (κ2) is 6.07. The van der Waals surface area contributed by atoms with E-state index >= 15 is 0 Å². The van der Waals surface area contributed by atoms with Gasteiger partial charge in [0.15, 0.2) is 6.04 Å². The Bertz CT molecular complexity index is 511. The summed E-state index contributed by atoms with van der Waals surface area (Å²) in [6.45, 7) is 4.62. The number of benzene rings is 1. The zero-order valence-electron chi connectivity index (χ0n) is 11.9. The summed E-state index contributed by atoms with van der Waals surface area (Å²) in [4.78, 5) is 22.6. The van der Waals surface area contributed by atoms with Gasteiger partial charge in [-0.15, -0.1) is 0 Å². The molecule has 1 rings (SSSR count). The molecule has 0 heterocycles. The van der Waals surface area contributed by atoms with Gasteiger partial charge in [-0.05, 0) is 20.8 Å². The Morgan fingerprint density at radius 1 is 1.19 bits per heavy atom. The first-order valence-corrected chi connectivity index (χ1v) is 6.19. The number of hydrogen-bond acceptors (Lipinski definition) is 3. The average Bonchev–Trinajstić information content (AvgIpc) is 2.34. The molecule has 0 aliphatic carbocycles. The monoisotopic (exact) mass is 301 g/mol. The molecular formula is C14H17F2NO4. The van der Waals surface area contributed by atoms with E-state index in [4.69, 9.17) is 9.84 Å². The van der Waals surface area contributed by atoms with Gasteiger partial charge in [0.2, 0.25) is 0 Å². The molecule has 0 saturated heterocycles. The third-order valence-electron chi connectivity index (χ3n) is 2.43. The van der Waals surface area contributed by atoms with Crippen molar-refractivity contribution < 1.29 is 28.2 Å². The summed E-state index contributed by atoms with van der Waals surface area (Å²) in [5, 5.41) is 10.7. The number of rotatable bonds is 4. The van der Waals surface area contributed by atoms with Crippen molar-refractivity contribution in [2.75, 3.05) is 0 Å². The van der Waals surface area contributed by atoms with E-state index in [0.29, 0.717) is 0 Å². The Balaban J connectivity index is 2.97. The molecule has 0 spiro atoms. The number of carbonyl (C=O) groups is 2. The summed E-state index contributed by atoms with van der Waals surface area (Å²) >= 11 is 0. The lowest BCUT2D eigenvalue weighted by Crippen LogP contribution is -2.52. The van der Waals surface area contributed by atoms with E-state index in [9.17, 15) is 18.4 Å². The number of ether oxygens (including phenoxy) is 1. The normalized spacial score (nSPS) is 13.4. The van der Waals surface area contributed by atoms with Gasteiger partial charge in [0.1, 0.15) is 5.60 Å². The zero-order valence-corrected chi connectivity index (χ0v) is 11.9. The van der Waals surface area contributed by atoms with E-state index in [1.807, 2.05) is 0 Å². The maximum atomic E-state index is 14.2. The topological polar surface area (TPSA) is 75.6 Å². The van der Waals surface area contributed by atoms with Crippen LogP contribution in [-0.4, -0.2) is 28.8 Å². The van der Waals surface area contributed by atoms with Crippen molar-refractivity contribution in [3.05, 3.63) is 35.9 Å². The molecule has 1 atom stereocenters. The van der Waals surface area contributed by atoms with Gasteiger partial charge in [0, 0.05) is 5.56 Å². The van der Waals surface area contributed by atoms with Gasteiger partial charge in [-0.2, -0.15) is 8.78 Å². The first-order chi connectivity index (χ1) is 9.54. The van der Waals surface area contributed by atoms with Crippen molar-refractivity contribution in [3.63, 3.8) is 0 Å². The summed E-state index contributed by atoms with van der Waals surface area (Å²) < 4.78 is 33.2. The number of aliphatic carboxylic acids is 1. The highest BCUT2D eigenvalue weighted by Crippen LogP contribution is 2.32. The maximum absolute atomic E-state index is 14.2. The van der Waals surface area contributed by atoms with E-state index in [1.54, 1.807) is 5.32 Å². The average molecular weight is 301 g/mol. The lowest BCUT2D eigenvalue weighted by atomic mass is 10.0. The molecular weight excluding hydrogens is 284 g/mol. The molecule has 1 aromatic rings. The molecule has 0 aromatic heterocycles. The molecule has 21 heavy (non-hydrogen) atoms. The molecule has 5 nitrogen and oxygen atoms in total. The lowest BCUT2D eigenvalue weighted by molar-refractivity contribution is -0.151. The number of alkyl halides is 2. The highest BCUT2D eigenvalue weighted by atomic mass is 19.3. The number of nitrogens with one attached hydrogen (secondary N) is 1. The molecule has 1 aromatic carbocycles. The number of carboxylic acids is 1. The molecule has 1 amide bonds. The number of amides is 1. The van der Waals surface area contributed by atoms with Crippen molar-refractivity contribution in [3.8, 4) is 0 Å². The molecule has 116 valence electrons. The maximum Gasteiger partial charge on any atom is 0.408 e. The Morgan fingerprint density at radius 2 is 1.71 bits per heavy atom. The highest BCUT2D eigenvalue weighted by molar-refractivity contribution is 5.81. The molecule has 0 bridgehead atoms. The summed E-state index contributed by atoms with van der Waals surface area (Å²) in [5.41, 5.74) is -1.43. The molecule has 7 heteroatoms. The number of halogens is 2. The first kappa shape index (κ1) is 16.9. The van der Waals surface area contributed by atoms with Gasteiger partial charge in [0.05, 0.1) is 0 Å². The molecule has 2 N–H and O–H groups in total. The predicted molar refractivity (Wildman–Crippen MR) is 71.1 cm³/mol. The Hall–Kier alpha value is -2.18. The van der Waals surface area contributed by atoms with Crippen LogP contribution in [0.5, 0.6) is 0 Å². The SMILES string of the molecule is CC(C)(C)OC(=O)N[C@H](C(=O)O)C(F)(F)c1ccccc1. The Labute approximate surface area is 120 Å². The van der Waals surface area contributed by atoms with Crippen LogP contribution >= 0.6 is 0 Å². The van der Waals surface area contributed by atoms with Gasteiger partial charge in [-0.25, -0.2) is 9.59 Å². The third-order valence-corrected chi connectivity index (χ3v) is 2.43. The second-order valence-electron chi connectivity index (χ2n) is 5.41. The fourth-order valence-corrected chi connectivity index (χ4v) is 1.56. The number of carbonyl (C=O) groups excluding carboxylic acids is 1. The fraction of sp³-hybridized carbons (Fsp3) is 0.429. The van der Waals surface area contributed by atoms with E-state index < -0.39 is 35.2 Å². The third kappa shape index (κ3) is 4.70. The standard InChI is InChI=1S/C14H17F2NO4/c1-13(2,3)21-12(20)17-10(11(18)19)14(15,16)9-7-5-4-6-8-9/h4-8,10H,1-3H3,(H,17,20)(H,18,19)/t10-/m1/s1. The van der Waals surface area contributed by atoms with Crippen LogP contribution in [0.4, 0.5) is 13.6 Å². The van der Waals surface area contributed by atoms with Gasteiger partial charge >= 0.3 is 18.0 Å². The molecule has 0 saturated carbocycles. The van der Waals surface area contributed by atoms with Crippen molar-refractivity contribution in [2.24, 2.45) is 0 Å². The number of carboxylic acid groups (broad SMARTS) is 1. The van der Waals surface area contributed by atoms with Crippen LogP contribution in [0.15, 0.2) is 30.3 Å². The number of alkyl carbamates (subject to hydrolysis) is 1. The zero-order chi connectivity index (χ0) is 16.3. The van der Waals surface area contributed by atoms with Crippen molar-refractivity contribution in [1.29, 1.82) is 0 Å². The summed E-state index contributed by atoms with van der Waals surface area (Å²) in [6.07, 6.45) is -1.22. The molecule has 0 unspecified atom stereocenters. The van der Waals surface area contributed by atoms with Gasteiger partial charge in [0.25, 0.3) is 0 Å². The molecule has 0 fully saturated rings. The van der Waals surface area contributed by atoms with Crippen molar-refractivity contribution in [1.82, 2.24) is 5.32 Å². The second-order valence-corrected chi connectivity index (χ2v) is 5.41. The Kier molecular flexibility index (Phi) is 4.88. The van der Waals surface area contributed by atoms with E-state index in [-0.39, 0.29) is 0 Å². The lowest BCUT2D eigenvalue weighted by Gasteiger charge is -2.26. The minimum absolute atomic E-state index is 0.506. The first-order valence-electron chi connectivity index (χ1n) is 6.19. The summed E-state index contributed by atoms with van der Waals surface area (Å²) in [6, 6.07) is 4.00. The predicted octanol–water partition coefficient (Wildman–Crippen LogP) is 2.76. The largest absolute Gasteiger partial charge is 0.480 e. The van der Waals surface area contributed by atoms with E-state index in [0.717, 1.165) is 12.1 Å². The van der Waals surface area contributed by atoms with Crippen LogP contribution in [0.1, 0.15) is 26.3 Å². The van der Waals surface area contributed by atoms with Crippen LogP contribution in [0.3, 0.4) is 0 Å². The fourth-order valence-electron chi connectivity index (χ4n) is 1.56. The van der Waals surface area contributed by atoms with Crippen LogP contribution in [0, 0.1) is 0 Å². The van der Waals surface area contributed by atoms with Crippen molar-refractivity contribution >= 4 is 12.1 Å². The van der Waals surface area contributed by atoms with Crippen LogP contribution in [0.25, 0.3) is 0 Å². The highest BCUT2D eigenvalue weighted by Gasteiger charge is 2.47. The van der Waals surface area contributed by atoms with Crippen LogP contribution in [0.2, 0.25) is 0 Å². The van der Waals surface area contributed by atoms with Gasteiger partial charge < -0.3 is 15.2 Å². The minimum Gasteiger partial charge on any atom is -0.480 e. The minimum atomic E-state index is -3.77. The van der Waals surface area contributed by atoms with Crippen molar-refractivity contribution in [2.45, 2.75) is 38.3 Å². The molecule has 0 radical (unpaired) electrons. The summed E-state index contributed by atoms with van der Waals surface area (Å²) in [7, 11) is 0. The quantitative estimate of drug-likeness (QED) is 0.896. The number of hydrogen-bond donors (Lipinski definition) is 2. The van der Waals surface area contributed by atoms with E-state index in [1.165, 1.54) is 39.0 Å². The summed E-state index contributed by atoms with van der Waals surface area (Å²) in [5.74, 6) is -5.63. The molecule has 0 aliphatic rings. The van der Waals surface area contributed by atoms with Crippen LogP contribution in [-0.2, 0) is 15.5 Å². The van der Waals surface area contributed by atoms with Crippen LogP contribution < -0.4 is 5.32 Å². The van der Waals surface area contributed by atoms with Gasteiger partial charge in [-0.3, -0.25) is 0 Å². The van der Waals surface area contributed by atoms with Gasteiger partial charge in [-0.1, -0.05) is 30.3 Å². The van der Waals surface area contributed by atoms with E-state index in [2.05, 4.69) is 0 Å².